The summed E-state index contributed by atoms with van der Waals surface area (Å²) in [5, 5.41) is 8.82. The summed E-state index contributed by atoms with van der Waals surface area (Å²) in [6.07, 6.45) is 4.88. The van der Waals surface area contributed by atoms with Crippen LogP contribution in [-0.4, -0.2) is 27.3 Å². The van der Waals surface area contributed by atoms with E-state index in [4.69, 9.17) is 0 Å². The van der Waals surface area contributed by atoms with E-state index in [1.807, 2.05) is 11.7 Å². The normalized spacial score (nSPS) is 22.6. The maximum Gasteiger partial charge on any atom is 0.0641 e. The van der Waals surface area contributed by atoms with Crippen LogP contribution in [0.4, 0.5) is 0 Å². The molecule has 0 radical (unpaired) electrons. The molecule has 1 saturated heterocycles. The molecule has 16 heavy (non-hydrogen) atoms. The van der Waals surface area contributed by atoms with Gasteiger partial charge in [-0.1, -0.05) is 0 Å². The van der Waals surface area contributed by atoms with Crippen LogP contribution in [0.2, 0.25) is 0 Å². The number of hydrogen-bond acceptors (Lipinski definition) is 3. The van der Waals surface area contributed by atoms with Gasteiger partial charge in [-0.2, -0.15) is 16.9 Å². The molecule has 4 heteroatoms. The van der Waals surface area contributed by atoms with Gasteiger partial charge in [0.1, 0.15) is 0 Å². The fourth-order valence-electron chi connectivity index (χ4n) is 2.27. The van der Waals surface area contributed by atoms with Crippen molar-refractivity contribution in [2.24, 2.45) is 7.05 Å². The minimum atomic E-state index is 0.412. The van der Waals surface area contributed by atoms with Gasteiger partial charge < -0.3 is 5.32 Å². The van der Waals surface area contributed by atoms with E-state index in [9.17, 15) is 0 Å². The van der Waals surface area contributed by atoms with Crippen molar-refractivity contribution in [1.82, 2.24) is 15.1 Å². The lowest BCUT2D eigenvalue weighted by Crippen LogP contribution is -2.26. The predicted octanol–water partition coefficient (Wildman–Crippen LogP) is 2.27. The monoisotopic (exact) mass is 239 g/mol. The Morgan fingerprint density at radius 2 is 2.50 bits per heavy atom. The molecule has 2 heterocycles. The molecule has 0 saturated carbocycles. The lowest BCUT2D eigenvalue weighted by atomic mass is 10.1. The van der Waals surface area contributed by atoms with E-state index in [2.05, 4.69) is 42.2 Å². The zero-order valence-corrected chi connectivity index (χ0v) is 11.2. The van der Waals surface area contributed by atoms with E-state index < -0.39 is 0 Å². The standard InChI is InChI=1S/C12H21N3S/c1-9(12-8-15(3)14-10(12)2)13-7-11-5-4-6-16-11/h8-9,11,13H,4-7H2,1-3H3. The second kappa shape index (κ2) is 5.23. The van der Waals surface area contributed by atoms with Crippen LogP contribution in [0.25, 0.3) is 0 Å². The first-order valence-electron chi connectivity index (χ1n) is 6.02. The molecule has 0 bridgehead atoms. The largest absolute Gasteiger partial charge is 0.309 e. The summed E-state index contributed by atoms with van der Waals surface area (Å²) in [5.74, 6) is 1.34. The minimum Gasteiger partial charge on any atom is -0.309 e. The summed E-state index contributed by atoms with van der Waals surface area (Å²) in [6, 6.07) is 0.412. The average molecular weight is 239 g/mol. The molecular weight excluding hydrogens is 218 g/mol. The van der Waals surface area contributed by atoms with Crippen LogP contribution < -0.4 is 5.32 Å². The highest BCUT2D eigenvalue weighted by molar-refractivity contribution is 8.00. The van der Waals surface area contributed by atoms with Crippen LogP contribution in [0.15, 0.2) is 6.20 Å². The molecule has 1 N–H and O–H groups in total. The molecule has 0 spiro atoms. The zero-order chi connectivity index (χ0) is 11.5. The third-order valence-electron chi connectivity index (χ3n) is 3.19. The molecule has 2 unspecified atom stereocenters. The topological polar surface area (TPSA) is 29.9 Å². The third kappa shape index (κ3) is 2.80. The van der Waals surface area contributed by atoms with Gasteiger partial charge in [0, 0.05) is 36.6 Å². The van der Waals surface area contributed by atoms with Crippen LogP contribution in [0.3, 0.4) is 0 Å². The first kappa shape index (κ1) is 12.0. The molecule has 0 amide bonds. The summed E-state index contributed by atoms with van der Waals surface area (Å²) in [4.78, 5) is 0. The van der Waals surface area contributed by atoms with Crippen LogP contribution in [0.5, 0.6) is 0 Å². The predicted molar refractivity (Wildman–Crippen MR) is 69.8 cm³/mol. The smallest absolute Gasteiger partial charge is 0.0641 e. The SMILES string of the molecule is Cc1nn(C)cc1C(C)NCC1CCCS1. The molecular formula is C12H21N3S. The number of nitrogens with zero attached hydrogens (tertiary/aromatic N) is 2. The molecule has 2 rings (SSSR count). The Balaban J connectivity index is 1.87. The second-order valence-electron chi connectivity index (χ2n) is 4.61. The highest BCUT2D eigenvalue weighted by atomic mass is 32.2. The van der Waals surface area contributed by atoms with Gasteiger partial charge in [0.25, 0.3) is 0 Å². The van der Waals surface area contributed by atoms with Crippen LogP contribution in [0.1, 0.15) is 37.1 Å². The van der Waals surface area contributed by atoms with Crippen molar-refractivity contribution in [3.05, 3.63) is 17.5 Å². The van der Waals surface area contributed by atoms with E-state index >= 15 is 0 Å². The number of aryl methyl sites for hydroxylation is 2. The van der Waals surface area contributed by atoms with E-state index in [1.54, 1.807) is 0 Å². The van der Waals surface area contributed by atoms with Gasteiger partial charge in [-0.15, -0.1) is 0 Å². The van der Waals surface area contributed by atoms with Crippen molar-refractivity contribution in [2.45, 2.75) is 38.0 Å². The van der Waals surface area contributed by atoms with Gasteiger partial charge in [-0.05, 0) is 32.4 Å². The van der Waals surface area contributed by atoms with Gasteiger partial charge in [0.2, 0.25) is 0 Å². The Morgan fingerprint density at radius 1 is 1.69 bits per heavy atom. The highest BCUT2D eigenvalue weighted by Gasteiger charge is 2.17. The van der Waals surface area contributed by atoms with Crippen LogP contribution in [-0.2, 0) is 7.05 Å². The van der Waals surface area contributed by atoms with E-state index in [0.717, 1.165) is 17.5 Å². The Bertz CT molecular complexity index is 342. The van der Waals surface area contributed by atoms with Gasteiger partial charge in [-0.25, -0.2) is 0 Å². The Hall–Kier alpha value is -0.480. The summed E-state index contributed by atoms with van der Waals surface area (Å²) >= 11 is 2.11. The molecule has 1 fully saturated rings. The van der Waals surface area contributed by atoms with Crippen molar-refractivity contribution in [2.75, 3.05) is 12.3 Å². The third-order valence-corrected chi connectivity index (χ3v) is 4.59. The molecule has 3 nitrogen and oxygen atoms in total. The number of nitrogens with one attached hydrogen (secondary N) is 1. The Labute approximate surface area is 102 Å². The minimum absolute atomic E-state index is 0.412. The second-order valence-corrected chi connectivity index (χ2v) is 6.02. The summed E-state index contributed by atoms with van der Waals surface area (Å²) < 4.78 is 1.90. The number of aromatic nitrogens is 2. The quantitative estimate of drug-likeness (QED) is 0.874. The first-order valence-corrected chi connectivity index (χ1v) is 7.07. The lowest BCUT2D eigenvalue weighted by molar-refractivity contribution is 0.557. The summed E-state index contributed by atoms with van der Waals surface area (Å²) in [7, 11) is 1.98. The maximum atomic E-state index is 4.38. The molecule has 1 aromatic rings. The highest BCUT2D eigenvalue weighted by Crippen LogP contribution is 2.26. The van der Waals surface area contributed by atoms with E-state index in [0.29, 0.717) is 6.04 Å². The Morgan fingerprint density at radius 3 is 3.06 bits per heavy atom. The number of thioether (sulfide) groups is 1. The van der Waals surface area contributed by atoms with Gasteiger partial charge in [0.05, 0.1) is 5.69 Å². The molecule has 1 aliphatic heterocycles. The fourth-order valence-corrected chi connectivity index (χ4v) is 3.48. The number of rotatable bonds is 4. The lowest BCUT2D eigenvalue weighted by Gasteiger charge is -2.16. The maximum absolute atomic E-state index is 4.38. The van der Waals surface area contributed by atoms with Gasteiger partial charge in [0.15, 0.2) is 0 Å². The summed E-state index contributed by atoms with van der Waals surface area (Å²) in [5.41, 5.74) is 2.46. The van der Waals surface area contributed by atoms with Crippen molar-refractivity contribution >= 4 is 11.8 Å². The zero-order valence-electron chi connectivity index (χ0n) is 10.4. The van der Waals surface area contributed by atoms with Gasteiger partial charge >= 0.3 is 0 Å². The van der Waals surface area contributed by atoms with Gasteiger partial charge in [-0.3, -0.25) is 4.68 Å². The molecule has 0 aliphatic carbocycles. The van der Waals surface area contributed by atoms with Crippen molar-refractivity contribution in [3.8, 4) is 0 Å². The molecule has 1 aromatic heterocycles. The van der Waals surface area contributed by atoms with E-state index in [-0.39, 0.29) is 0 Å². The molecule has 1 aliphatic rings. The molecule has 90 valence electrons. The Kier molecular flexibility index (Phi) is 3.92. The summed E-state index contributed by atoms with van der Waals surface area (Å²) in [6.45, 7) is 5.43. The molecule has 0 aromatic carbocycles. The average Bonchev–Trinajstić information content (AvgIpc) is 2.84. The molecule has 2 atom stereocenters. The van der Waals surface area contributed by atoms with Crippen molar-refractivity contribution < 1.29 is 0 Å². The van der Waals surface area contributed by atoms with Crippen molar-refractivity contribution in [1.29, 1.82) is 0 Å². The first-order chi connectivity index (χ1) is 7.66. The van der Waals surface area contributed by atoms with Crippen LogP contribution >= 0.6 is 11.8 Å². The van der Waals surface area contributed by atoms with Crippen LogP contribution in [0, 0.1) is 6.92 Å². The van der Waals surface area contributed by atoms with Crippen molar-refractivity contribution in [3.63, 3.8) is 0 Å². The van der Waals surface area contributed by atoms with E-state index in [1.165, 1.54) is 24.2 Å². The fraction of sp³-hybridized carbons (Fsp3) is 0.750. The number of hydrogen-bond donors (Lipinski definition) is 1.